The standard InChI is InChI=1S/C25H25FN4O/c1-17-24-22(15-18(16-23(24)31)20-9-5-6-10-21(20)26)28-25(27-17)30-13-11-29(12-14-30)19-7-3-2-4-8-19/h2-10,18H,11-16H2,1H3. The number of aromatic nitrogens is 2. The van der Waals surface area contributed by atoms with Crippen molar-refractivity contribution in [3.8, 4) is 0 Å². The maximum absolute atomic E-state index is 14.3. The summed E-state index contributed by atoms with van der Waals surface area (Å²) in [5, 5.41) is 0. The molecule has 158 valence electrons. The van der Waals surface area contributed by atoms with Crippen molar-refractivity contribution in [2.24, 2.45) is 0 Å². The summed E-state index contributed by atoms with van der Waals surface area (Å²) < 4.78 is 14.3. The van der Waals surface area contributed by atoms with Crippen molar-refractivity contribution in [3.05, 3.63) is 82.9 Å². The lowest BCUT2D eigenvalue weighted by Crippen LogP contribution is -2.47. The number of nitrogens with zero attached hydrogens (tertiary/aromatic N) is 4. The molecule has 2 aliphatic rings. The number of piperazine rings is 1. The molecule has 2 aromatic carbocycles. The number of carbonyl (C=O) groups excluding carboxylic acids is 1. The van der Waals surface area contributed by atoms with Gasteiger partial charge in [-0.3, -0.25) is 4.79 Å². The molecule has 1 aliphatic carbocycles. The second-order valence-electron chi connectivity index (χ2n) is 8.29. The number of carbonyl (C=O) groups is 1. The van der Waals surface area contributed by atoms with Crippen molar-refractivity contribution >= 4 is 17.4 Å². The first kappa shape index (κ1) is 19.7. The quantitative estimate of drug-likeness (QED) is 0.642. The van der Waals surface area contributed by atoms with E-state index in [4.69, 9.17) is 4.98 Å². The number of halogens is 1. The fourth-order valence-corrected chi connectivity index (χ4v) is 4.73. The molecule has 0 radical (unpaired) electrons. The smallest absolute Gasteiger partial charge is 0.225 e. The number of fused-ring (bicyclic) bond motifs is 1. The number of hydrogen-bond donors (Lipinski definition) is 0. The molecule has 1 aromatic heterocycles. The van der Waals surface area contributed by atoms with Gasteiger partial charge in [-0.15, -0.1) is 0 Å². The molecule has 2 heterocycles. The zero-order chi connectivity index (χ0) is 21.4. The number of hydrogen-bond acceptors (Lipinski definition) is 5. The first-order valence-corrected chi connectivity index (χ1v) is 10.8. The van der Waals surface area contributed by atoms with E-state index in [-0.39, 0.29) is 17.5 Å². The number of rotatable bonds is 3. The molecule has 5 rings (SSSR count). The second-order valence-corrected chi connectivity index (χ2v) is 8.29. The minimum atomic E-state index is -0.258. The van der Waals surface area contributed by atoms with E-state index in [2.05, 4.69) is 39.0 Å². The fraction of sp³-hybridized carbons (Fsp3) is 0.320. The summed E-state index contributed by atoms with van der Waals surface area (Å²) in [5.74, 6) is 0.239. The summed E-state index contributed by atoms with van der Waals surface area (Å²) in [5.41, 5.74) is 3.91. The van der Waals surface area contributed by atoms with Gasteiger partial charge in [-0.25, -0.2) is 14.4 Å². The SMILES string of the molecule is Cc1nc(N2CCN(c3ccccc3)CC2)nc2c1C(=O)CC(c1ccccc1F)C2. The zero-order valence-corrected chi connectivity index (χ0v) is 17.6. The van der Waals surface area contributed by atoms with Crippen molar-refractivity contribution in [2.45, 2.75) is 25.7 Å². The molecule has 31 heavy (non-hydrogen) atoms. The van der Waals surface area contributed by atoms with E-state index in [0.29, 0.717) is 29.9 Å². The maximum Gasteiger partial charge on any atom is 0.225 e. The van der Waals surface area contributed by atoms with E-state index in [1.165, 1.54) is 11.8 Å². The van der Waals surface area contributed by atoms with Crippen LogP contribution >= 0.6 is 0 Å². The van der Waals surface area contributed by atoms with Crippen molar-refractivity contribution in [3.63, 3.8) is 0 Å². The molecule has 5 nitrogen and oxygen atoms in total. The summed E-state index contributed by atoms with van der Waals surface area (Å²) in [4.78, 5) is 26.9. The third-order valence-electron chi connectivity index (χ3n) is 6.33. The lowest BCUT2D eigenvalue weighted by atomic mass is 9.81. The van der Waals surface area contributed by atoms with Crippen molar-refractivity contribution in [1.29, 1.82) is 0 Å². The Bertz CT molecular complexity index is 1110. The minimum Gasteiger partial charge on any atom is -0.368 e. The van der Waals surface area contributed by atoms with Crippen LogP contribution in [-0.4, -0.2) is 41.9 Å². The Morgan fingerprint density at radius 2 is 1.55 bits per heavy atom. The number of aryl methyl sites for hydroxylation is 1. The molecule has 1 fully saturated rings. The molecular formula is C25H25FN4O. The molecule has 3 aromatic rings. The number of anilines is 2. The van der Waals surface area contributed by atoms with E-state index >= 15 is 0 Å². The third-order valence-corrected chi connectivity index (χ3v) is 6.33. The summed E-state index contributed by atoms with van der Waals surface area (Å²) >= 11 is 0. The zero-order valence-electron chi connectivity index (χ0n) is 17.6. The second kappa shape index (κ2) is 8.10. The van der Waals surface area contributed by atoms with Crippen LogP contribution in [-0.2, 0) is 6.42 Å². The molecule has 0 saturated carbocycles. The molecule has 6 heteroatoms. The van der Waals surface area contributed by atoms with E-state index in [1.807, 2.05) is 19.1 Å². The number of para-hydroxylation sites is 1. The molecular weight excluding hydrogens is 391 g/mol. The Labute approximate surface area is 181 Å². The van der Waals surface area contributed by atoms with Gasteiger partial charge in [-0.1, -0.05) is 36.4 Å². The van der Waals surface area contributed by atoms with E-state index in [9.17, 15) is 9.18 Å². The summed E-state index contributed by atoms with van der Waals surface area (Å²) in [6.45, 7) is 5.29. The summed E-state index contributed by atoms with van der Waals surface area (Å²) in [7, 11) is 0. The third kappa shape index (κ3) is 3.78. The van der Waals surface area contributed by atoms with E-state index in [0.717, 1.165) is 37.6 Å². The number of ketones is 1. The Hall–Kier alpha value is -3.28. The van der Waals surface area contributed by atoms with Crippen LogP contribution in [0.1, 0.15) is 39.6 Å². The van der Waals surface area contributed by atoms with Crippen LogP contribution in [0.3, 0.4) is 0 Å². The normalized spacial score (nSPS) is 18.8. The average Bonchev–Trinajstić information content (AvgIpc) is 2.79. The van der Waals surface area contributed by atoms with Crippen molar-refractivity contribution in [1.82, 2.24) is 9.97 Å². The highest BCUT2D eigenvalue weighted by Crippen LogP contribution is 2.35. The van der Waals surface area contributed by atoms with Crippen LogP contribution in [0.15, 0.2) is 54.6 Å². The lowest BCUT2D eigenvalue weighted by molar-refractivity contribution is 0.0961. The van der Waals surface area contributed by atoms with E-state index in [1.54, 1.807) is 12.1 Å². The Kier molecular flexibility index (Phi) is 5.14. The topological polar surface area (TPSA) is 49.3 Å². The summed E-state index contributed by atoms with van der Waals surface area (Å²) in [6.07, 6.45) is 0.857. The van der Waals surface area contributed by atoms with Crippen molar-refractivity contribution < 1.29 is 9.18 Å². The largest absolute Gasteiger partial charge is 0.368 e. The fourth-order valence-electron chi connectivity index (χ4n) is 4.73. The predicted octanol–water partition coefficient (Wildman–Crippen LogP) is 4.16. The predicted molar refractivity (Wildman–Crippen MR) is 119 cm³/mol. The Morgan fingerprint density at radius 1 is 0.871 bits per heavy atom. The van der Waals surface area contributed by atoms with Gasteiger partial charge in [-0.2, -0.15) is 0 Å². The Morgan fingerprint density at radius 3 is 2.29 bits per heavy atom. The molecule has 0 N–H and O–H groups in total. The molecule has 1 saturated heterocycles. The minimum absolute atomic E-state index is 0.00690. The highest BCUT2D eigenvalue weighted by atomic mass is 19.1. The van der Waals surface area contributed by atoms with Gasteiger partial charge in [0.25, 0.3) is 0 Å². The van der Waals surface area contributed by atoms with Gasteiger partial charge in [0, 0.05) is 38.3 Å². The van der Waals surface area contributed by atoms with Gasteiger partial charge in [-0.05, 0) is 43.0 Å². The molecule has 0 bridgehead atoms. The highest BCUT2D eigenvalue weighted by Gasteiger charge is 2.32. The number of benzene rings is 2. The maximum atomic E-state index is 14.3. The molecule has 0 spiro atoms. The lowest BCUT2D eigenvalue weighted by Gasteiger charge is -2.36. The van der Waals surface area contributed by atoms with Crippen molar-refractivity contribution in [2.75, 3.05) is 36.0 Å². The van der Waals surface area contributed by atoms with Crippen LogP contribution in [0.25, 0.3) is 0 Å². The molecule has 0 amide bonds. The van der Waals surface area contributed by atoms with Crippen LogP contribution in [0.5, 0.6) is 0 Å². The van der Waals surface area contributed by atoms with Crippen LogP contribution in [0, 0.1) is 12.7 Å². The Balaban J connectivity index is 1.38. The molecule has 1 atom stereocenters. The van der Waals surface area contributed by atoms with Crippen LogP contribution in [0.2, 0.25) is 0 Å². The first-order valence-electron chi connectivity index (χ1n) is 10.8. The van der Waals surface area contributed by atoms with Gasteiger partial charge in [0.15, 0.2) is 5.78 Å². The van der Waals surface area contributed by atoms with Gasteiger partial charge in [0.1, 0.15) is 5.82 Å². The van der Waals surface area contributed by atoms with Gasteiger partial charge < -0.3 is 9.80 Å². The average molecular weight is 417 g/mol. The van der Waals surface area contributed by atoms with Crippen LogP contribution in [0.4, 0.5) is 16.0 Å². The van der Waals surface area contributed by atoms with Gasteiger partial charge >= 0.3 is 0 Å². The molecule has 1 unspecified atom stereocenters. The van der Waals surface area contributed by atoms with Gasteiger partial charge in [0.2, 0.25) is 5.95 Å². The summed E-state index contributed by atoms with van der Waals surface area (Å²) in [6, 6.07) is 17.1. The highest BCUT2D eigenvalue weighted by molar-refractivity contribution is 5.99. The van der Waals surface area contributed by atoms with E-state index < -0.39 is 0 Å². The van der Waals surface area contributed by atoms with Gasteiger partial charge in [0.05, 0.1) is 17.0 Å². The number of Topliss-reactive ketones (excluding diaryl/α,β-unsaturated/α-hetero) is 1. The molecule has 1 aliphatic heterocycles. The van der Waals surface area contributed by atoms with Crippen LogP contribution < -0.4 is 9.80 Å². The monoisotopic (exact) mass is 416 g/mol. The first-order chi connectivity index (χ1) is 15.1.